The maximum Gasteiger partial charge on any atom is 0.257 e. The Labute approximate surface area is 125 Å². The molecular formula is C13H11BrN2O3S. The molecule has 104 valence electrons. The number of carbonyl (C=O) groups excluding carboxylic acids is 1. The van der Waals surface area contributed by atoms with Crippen LogP contribution in [0.2, 0.25) is 0 Å². The number of nitrogens with one attached hydrogen (secondary N) is 1. The lowest BCUT2D eigenvalue weighted by Gasteiger charge is -2.09. The summed E-state index contributed by atoms with van der Waals surface area (Å²) in [5, 5.41) is 2.58. The van der Waals surface area contributed by atoms with Crippen molar-refractivity contribution in [3.8, 4) is 0 Å². The Morgan fingerprint density at radius 1 is 1.20 bits per heavy atom. The van der Waals surface area contributed by atoms with Crippen LogP contribution in [0.1, 0.15) is 10.4 Å². The van der Waals surface area contributed by atoms with E-state index in [1.165, 1.54) is 12.3 Å². The minimum atomic E-state index is -3.41. The fraction of sp³-hybridized carbons (Fsp3) is 0.0769. The quantitative estimate of drug-likeness (QED) is 0.859. The van der Waals surface area contributed by atoms with Crippen LogP contribution in [0.3, 0.4) is 0 Å². The fourth-order valence-electron chi connectivity index (χ4n) is 1.60. The predicted molar refractivity (Wildman–Crippen MR) is 79.4 cm³/mol. The summed E-state index contributed by atoms with van der Waals surface area (Å²) in [5.74, 6) is -0.416. The summed E-state index contributed by atoms with van der Waals surface area (Å²) in [5.41, 5.74) is 0.597. The number of sulfone groups is 1. The molecule has 2 aromatic rings. The molecule has 2 rings (SSSR count). The number of halogens is 1. The second-order valence-corrected chi connectivity index (χ2v) is 6.89. The molecule has 1 heterocycles. The topological polar surface area (TPSA) is 76.1 Å². The number of anilines is 1. The van der Waals surface area contributed by atoms with Gasteiger partial charge in [-0.15, -0.1) is 0 Å². The van der Waals surface area contributed by atoms with E-state index in [1.807, 2.05) is 0 Å². The number of carbonyl (C=O) groups is 1. The SMILES string of the molecule is CS(=O)(=O)c1ccccc1NC(=O)c1ccc(Br)nc1. The van der Waals surface area contributed by atoms with Crippen LogP contribution >= 0.6 is 15.9 Å². The normalized spacial score (nSPS) is 11.1. The van der Waals surface area contributed by atoms with Crippen molar-refractivity contribution < 1.29 is 13.2 Å². The van der Waals surface area contributed by atoms with E-state index in [4.69, 9.17) is 0 Å². The Kier molecular flexibility index (Phi) is 4.20. The zero-order valence-electron chi connectivity index (χ0n) is 10.5. The van der Waals surface area contributed by atoms with Crippen LogP contribution < -0.4 is 5.32 Å². The van der Waals surface area contributed by atoms with Crippen molar-refractivity contribution >= 4 is 37.4 Å². The Hall–Kier alpha value is -1.73. The molecule has 0 atom stereocenters. The van der Waals surface area contributed by atoms with E-state index in [2.05, 4.69) is 26.2 Å². The van der Waals surface area contributed by atoms with Gasteiger partial charge >= 0.3 is 0 Å². The molecule has 0 radical (unpaired) electrons. The molecule has 0 aliphatic heterocycles. The van der Waals surface area contributed by atoms with Gasteiger partial charge in [0.25, 0.3) is 5.91 Å². The van der Waals surface area contributed by atoms with E-state index in [9.17, 15) is 13.2 Å². The molecule has 20 heavy (non-hydrogen) atoms. The maximum absolute atomic E-state index is 12.0. The van der Waals surface area contributed by atoms with Gasteiger partial charge in [-0.25, -0.2) is 13.4 Å². The van der Waals surface area contributed by atoms with Gasteiger partial charge in [-0.2, -0.15) is 0 Å². The lowest BCUT2D eigenvalue weighted by atomic mass is 10.2. The summed E-state index contributed by atoms with van der Waals surface area (Å²) >= 11 is 3.18. The molecule has 0 fully saturated rings. The summed E-state index contributed by atoms with van der Waals surface area (Å²) in [6.07, 6.45) is 2.50. The zero-order valence-corrected chi connectivity index (χ0v) is 12.9. The number of nitrogens with zero attached hydrogens (tertiary/aromatic N) is 1. The summed E-state index contributed by atoms with van der Waals surface area (Å²) in [4.78, 5) is 16.1. The standard InChI is InChI=1S/C13H11BrN2O3S/c1-20(18,19)11-5-3-2-4-10(11)16-13(17)9-6-7-12(14)15-8-9/h2-8H,1H3,(H,16,17). The van der Waals surface area contributed by atoms with Crippen LogP contribution in [0, 0.1) is 0 Å². The van der Waals surface area contributed by atoms with Crippen molar-refractivity contribution in [2.75, 3.05) is 11.6 Å². The Morgan fingerprint density at radius 3 is 2.50 bits per heavy atom. The average Bonchev–Trinajstić information content (AvgIpc) is 2.38. The van der Waals surface area contributed by atoms with Crippen molar-refractivity contribution in [1.29, 1.82) is 0 Å². The third-order valence-electron chi connectivity index (χ3n) is 2.52. The van der Waals surface area contributed by atoms with Crippen LogP contribution in [0.4, 0.5) is 5.69 Å². The number of hydrogen-bond donors (Lipinski definition) is 1. The van der Waals surface area contributed by atoms with Crippen molar-refractivity contribution in [2.45, 2.75) is 4.90 Å². The molecule has 0 saturated heterocycles. The van der Waals surface area contributed by atoms with Crippen LogP contribution in [0.5, 0.6) is 0 Å². The van der Waals surface area contributed by atoms with Crippen LogP contribution in [0.25, 0.3) is 0 Å². The molecule has 1 amide bonds. The van der Waals surface area contributed by atoms with Crippen molar-refractivity contribution in [2.24, 2.45) is 0 Å². The van der Waals surface area contributed by atoms with Crippen LogP contribution in [0.15, 0.2) is 52.1 Å². The average molecular weight is 355 g/mol. The first-order valence-electron chi connectivity index (χ1n) is 5.60. The van der Waals surface area contributed by atoms with Gasteiger partial charge in [0, 0.05) is 12.5 Å². The maximum atomic E-state index is 12.0. The highest BCUT2D eigenvalue weighted by Gasteiger charge is 2.15. The first-order chi connectivity index (χ1) is 9.38. The number of benzene rings is 1. The van der Waals surface area contributed by atoms with Gasteiger partial charge in [0.15, 0.2) is 9.84 Å². The highest BCUT2D eigenvalue weighted by atomic mass is 79.9. The number of amides is 1. The van der Waals surface area contributed by atoms with Gasteiger partial charge in [-0.05, 0) is 40.2 Å². The molecule has 0 saturated carbocycles. The third-order valence-corrected chi connectivity index (χ3v) is 4.15. The number of hydrogen-bond acceptors (Lipinski definition) is 4. The van der Waals surface area contributed by atoms with E-state index in [1.54, 1.807) is 30.3 Å². The fourth-order valence-corrected chi connectivity index (χ4v) is 2.68. The molecule has 0 unspecified atom stereocenters. The number of para-hydroxylation sites is 1. The molecule has 0 aliphatic carbocycles. The molecule has 5 nitrogen and oxygen atoms in total. The molecule has 0 bridgehead atoms. The molecule has 1 N–H and O–H groups in total. The number of pyridine rings is 1. The smallest absolute Gasteiger partial charge is 0.257 e. The van der Waals surface area contributed by atoms with Crippen molar-refractivity contribution in [3.63, 3.8) is 0 Å². The van der Waals surface area contributed by atoms with Crippen LogP contribution in [-0.2, 0) is 9.84 Å². The van der Waals surface area contributed by atoms with Crippen molar-refractivity contribution in [3.05, 3.63) is 52.8 Å². The lowest BCUT2D eigenvalue weighted by molar-refractivity contribution is 0.102. The van der Waals surface area contributed by atoms with Gasteiger partial charge in [0.2, 0.25) is 0 Å². The minimum absolute atomic E-state index is 0.0819. The molecule has 0 aliphatic rings. The van der Waals surface area contributed by atoms with Gasteiger partial charge in [0.05, 0.1) is 16.1 Å². The number of aromatic nitrogens is 1. The summed E-state index contributed by atoms with van der Waals surface area (Å²) < 4.78 is 23.9. The number of rotatable bonds is 3. The van der Waals surface area contributed by atoms with E-state index < -0.39 is 15.7 Å². The highest BCUT2D eigenvalue weighted by Crippen LogP contribution is 2.21. The first kappa shape index (κ1) is 14.7. The van der Waals surface area contributed by atoms with Gasteiger partial charge < -0.3 is 5.32 Å². The van der Waals surface area contributed by atoms with E-state index in [0.717, 1.165) is 6.26 Å². The second-order valence-electron chi connectivity index (χ2n) is 4.09. The molecule has 1 aromatic heterocycles. The van der Waals surface area contributed by atoms with E-state index in [-0.39, 0.29) is 10.6 Å². The second kappa shape index (κ2) is 5.72. The lowest BCUT2D eigenvalue weighted by Crippen LogP contribution is -2.14. The van der Waals surface area contributed by atoms with Gasteiger partial charge in [-0.1, -0.05) is 12.1 Å². The van der Waals surface area contributed by atoms with E-state index in [0.29, 0.717) is 10.2 Å². The molecule has 1 aromatic carbocycles. The molecular weight excluding hydrogens is 344 g/mol. The third kappa shape index (κ3) is 3.43. The molecule has 7 heteroatoms. The largest absolute Gasteiger partial charge is 0.321 e. The van der Waals surface area contributed by atoms with Gasteiger partial charge in [-0.3, -0.25) is 4.79 Å². The summed E-state index contributed by atoms with van der Waals surface area (Å²) in [7, 11) is -3.41. The molecule has 0 spiro atoms. The monoisotopic (exact) mass is 354 g/mol. The summed E-state index contributed by atoms with van der Waals surface area (Å²) in [6.45, 7) is 0. The zero-order chi connectivity index (χ0) is 14.8. The van der Waals surface area contributed by atoms with Crippen LogP contribution in [-0.4, -0.2) is 25.6 Å². The predicted octanol–water partition coefficient (Wildman–Crippen LogP) is 2.50. The van der Waals surface area contributed by atoms with Gasteiger partial charge in [0.1, 0.15) is 4.60 Å². The first-order valence-corrected chi connectivity index (χ1v) is 8.28. The Morgan fingerprint density at radius 2 is 1.90 bits per heavy atom. The van der Waals surface area contributed by atoms with E-state index >= 15 is 0 Å². The Balaban J connectivity index is 2.31. The minimum Gasteiger partial charge on any atom is -0.321 e. The van der Waals surface area contributed by atoms with Crippen molar-refractivity contribution in [1.82, 2.24) is 4.98 Å². The summed E-state index contributed by atoms with van der Waals surface area (Å²) in [6, 6.07) is 9.48. The Bertz CT molecular complexity index is 742. The highest BCUT2D eigenvalue weighted by molar-refractivity contribution is 9.10.